The number of esters is 2. The Hall–Kier alpha value is -2.40. The molecule has 9 nitrogen and oxygen atoms in total. The summed E-state index contributed by atoms with van der Waals surface area (Å²) in [5.74, 6) is -2.27. The van der Waals surface area contributed by atoms with Gasteiger partial charge in [-0.3, -0.25) is 19.4 Å². The molecule has 0 bridgehead atoms. The predicted molar refractivity (Wildman–Crippen MR) is 90.5 cm³/mol. The fourth-order valence-corrected chi connectivity index (χ4v) is 3.48. The second kappa shape index (κ2) is 8.12. The molecule has 0 radical (unpaired) electrons. The van der Waals surface area contributed by atoms with Crippen molar-refractivity contribution >= 4 is 45.5 Å². The Bertz CT molecular complexity index is 790. The Morgan fingerprint density at radius 1 is 1.16 bits per heavy atom. The molecular weight excluding hydrogens is 372 g/mol. The lowest BCUT2D eigenvalue weighted by molar-refractivity contribution is -0.132. The summed E-state index contributed by atoms with van der Waals surface area (Å²) in [5.41, 5.74) is -0.175. The van der Waals surface area contributed by atoms with Crippen LogP contribution in [0.25, 0.3) is 0 Å². The first-order valence-electron chi connectivity index (χ1n) is 6.93. The van der Waals surface area contributed by atoms with Gasteiger partial charge in [-0.05, 0) is 12.1 Å². The van der Waals surface area contributed by atoms with Crippen molar-refractivity contribution < 1.29 is 32.3 Å². The summed E-state index contributed by atoms with van der Waals surface area (Å²) in [6, 6.07) is 4.18. The van der Waals surface area contributed by atoms with E-state index in [-0.39, 0.29) is 28.8 Å². The van der Waals surface area contributed by atoms with Crippen molar-refractivity contribution in [3.63, 3.8) is 0 Å². The number of nitrogens with zero attached hydrogens (tertiary/aromatic N) is 1. The number of nitrogens with one attached hydrogen (secondary N) is 1. The summed E-state index contributed by atoms with van der Waals surface area (Å²) in [7, 11) is -2.68. The third-order valence-corrected chi connectivity index (χ3v) is 5.16. The standard InChI is InChI=1S/C14H14N2O7S2/c1-7(17)22-9-4-3-5-10(23-8(2)18)12(9)13(19)16-14-15-6-11(24-14)25(20)21/h3-5,11,25H,6H2,1-2H3,(H,15,16,19). The van der Waals surface area contributed by atoms with Crippen LogP contribution < -0.4 is 14.8 Å². The minimum absolute atomic E-state index is 0.0291. The number of hydrogen-bond donors (Lipinski definition) is 2. The minimum Gasteiger partial charge on any atom is -0.426 e. The summed E-state index contributed by atoms with van der Waals surface area (Å²) >= 11 is 0.888. The molecule has 1 unspecified atom stereocenters. The molecule has 1 atom stereocenters. The molecule has 25 heavy (non-hydrogen) atoms. The topological polar surface area (TPSA) is 128 Å². The Morgan fingerprint density at radius 2 is 1.72 bits per heavy atom. The van der Waals surface area contributed by atoms with E-state index in [1.165, 1.54) is 18.2 Å². The van der Waals surface area contributed by atoms with Gasteiger partial charge in [0, 0.05) is 13.8 Å². The Labute approximate surface area is 148 Å². The monoisotopic (exact) mass is 386 g/mol. The molecule has 0 aliphatic carbocycles. The number of carbonyl (C=O) groups excluding carboxylic acids is 3. The summed E-state index contributed by atoms with van der Waals surface area (Å²) < 4.78 is 31.1. The molecule has 1 heterocycles. The molecule has 11 heteroatoms. The number of thioether (sulfide) groups is 1. The first kappa shape index (κ1) is 18.9. The fraction of sp³-hybridized carbons (Fsp3) is 0.286. The van der Waals surface area contributed by atoms with E-state index in [1.807, 2.05) is 0 Å². The van der Waals surface area contributed by atoms with E-state index in [0.29, 0.717) is 0 Å². The summed E-state index contributed by atoms with van der Waals surface area (Å²) in [6.45, 7) is 2.35. The summed E-state index contributed by atoms with van der Waals surface area (Å²) in [4.78, 5) is 38.9. The third-order valence-electron chi connectivity index (χ3n) is 2.82. The molecule has 0 fully saturated rings. The Balaban J connectivity index is 2.30. The fourth-order valence-electron chi connectivity index (χ4n) is 1.92. The maximum absolute atomic E-state index is 12.5. The molecule has 0 saturated carbocycles. The van der Waals surface area contributed by atoms with Gasteiger partial charge in [0.2, 0.25) is 0 Å². The van der Waals surface area contributed by atoms with Crippen molar-refractivity contribution in [3.8, 4) is 11.5 Å². The molecule has 1 aromatic carbocycles. The lowest BCUT2D eigenvalue weighted by Gasteiger charge is -2.13. The minimum atomic E-state index is -2.68. The molecule has 134 valence electrons. The van der Waals surface area contributed by atoms with E-state index in [0.717, 1.165) is 25.6 Å². The highest BCUT2D eigenvalue weighted by atomic mass is 32.2. The van der Waals surface area contributed by atoms with Gasteiger partial charge in [-0.25, -0.2) is 8.42 Å². The average Bonchev–Trinajstić information content (AvgIpc) is 2.94. The highest BCUT2D eigenvalue weighted by molar-refractivity contribution is 8.20. The van der Waals surface area contributed by atoms with Gasteiger partial charge < -0.3 is 14.8 Å². The molecule has 0 saturated heterocycles. The molecule has 1 aliphatic rings. The zero-order valence-corrected chi connectivity index (χ0v) is 14.9. The van der Waals surface area contributed by atoms with E-state index in [1.54, 1.807) is 0 Å². The first-order chi connectivity index (χ1) is 11.8. The second-order valence-electron chi connectivity index (χ2n) is 4.77. The van der Waals surface area contributed by atoms with Crippen LogP contribution in [0.1, 0.15) is 24.2 Å². The van der Waals surface area contributed by atoms with Crippen LogP contribution in [0.3, 0.4) is 0 Å². The molecule has 1 aromatic rings. The van der Waals surface area contributed by atoms with Crippen molar-refractivity contribution in [1.82, 2.24) is 5.32 Å². The number of benzene rings is 1. The molecular formula is C14H14N2O7S2. The van der Waals surface area contributed by atoms with Crippen LogP contribution in [0, 0.1) is 0 Å². The van der Waals surface area contributed by atoms with Crippen molar-refractivity contribution in [1.29, 1.82) is 0 Å². The first-order valence-corrected chi connectivity index (χ1v) is 9.06. The highest BCUT2D eigenvalue weighted by Gasteiger charge is 2.27. The van der Waals surface area contributed by atoms with Gasteiger partial charge in [-0.1, -0.05) is 17.8 Å². The van der Waals surface area contributed by atoms with Crippen molar-refractivity contribution in [2.75, 3.05) is 6.54 Å². The molecule has 1 N–H and O–H groups in total. The highest BCUT2D eigenvalue weighted by Crippen LogP contribution is 2.30. The van der Waals surface area contributed by atoms with Gasteiger partial charge in [0.1, 0.15) is 21.6 Å². The summed E-state index contributed by atoms with van der Waals surface area (Å²) in [5, 5.41) is 2.54. The lowest BCUT2D eigenvalue weighted by Crippen LogP contribution is -2.29. The van der Waals surface area contributed by atoms with Gasteiger partial charge in [-0.2, -0.15) is 0 Å². The third kappa shape index (κ3) is 5.03. The van der Waals surface area contributed by atoms with Crippen LogP contribution in [0.4, 0.5) is 0 Å². The number of amidine groups is 1. The van der Waals surface area contributed by atoms with Gasteiger partial charge in [0.25, 0.3) is 5.91 Å². The van der Waals surface area contributed by atoms with E-state index in [2.05, 4.69) is 10.3 Å². The van der Waals surface area contributed by atoms with Crippen LogP contribution in [0.2, 0.25) is 0 Å². The smallest absolute Gasteiger partial charge is 0.308 e. The van der Waals surface area contributed by atoms with Crippen molar-refractivity contribution in [2.45, 2.75) is 18.4 Å². The lowest BCUT2D eigenvalue weighted by atomic mass is 10.1. The van der Waals surface area contributed by atoms with Gasteiger partial charge in [0.05, 0.1) is 6.54 Å². The molecule has 0 spiro atoms. The van der Waals surface area contributed by atoms with Gasteiger partial charge in [0.15, 0.2) is 15.9 Å². The van der Waals surface area contributed by atoms with E-state index < -0.39 is 33.1 Å². The van der Waals surface area contributed by atoms with Crippen LogP contribution >= 0.6 is 11.8 Å². The normalized spacial score (nSPS) is 16.3. The SMILES string of the molecule is CC(=O)Oc1cccc(OC(C)=O)c1C(=O)NC1=NCC([SH](=O)=O)S1. The van der Waals surface area contributed by atoms with Crippen molar-refractivity contribution in [3.05, 3.63) is 23.8 Å². The predicted octanol–water partition coefficient (Wildman–Crippen LogP) is 0.307. The zero-order chi connectivity index (χ0) is 18.6. The van der Waals surface area contributed by atoms with E-state index >= 15 is 0 Å². The molecule has 0 aromatic heterocycles. The molecule has 2 rings (SSSR count). The number of ether oxygens (including phenoxy) is 2. The Morgan fingerprint density at radius 3 is 2.16 bits per heavy atom. The second-order valence-corrected chi connectivity index (χ2v) is 7.51. The summed E-state index contributed by atoms with van der Waals surface area (Å²) in [6.07, 6.45) is 0. The number of rotatable bonds is 4. The average molecular weight is 386 g/mol. The number of amides is 1. The van der Waals surface area contributed by atoms with Gasteiger partial charge in [-0.15, -0.1) is 0 Å². The maximum atomic E-state index is 12.5. The Kier molecular flexibility index (Phi) is 6.15. The number of thiol groups is 1. The van der Waals surface area contributed by atoms with Gasteiger partial charge >= 0.3 is 11.9 Å². The van der Waals surface area contributed by atoms with Crippen LogP contribution in [0.5, 0.6) is 11.5 Å². The van der Waals surface area contributed by atoms with Crippen molar-refractivity contribution in [2.24, 2.45) is 4.99 Å². The zero-order valence-electron chi connectivity index (χ0n) is 13.2. The van der Waals surface area contributed by atoms with Crippen LogP contribution in [0.15, 0.2) is 23.2 Å². The largest absolute Gasteiger partial charge is 0.426 e. The van der Waals surface area contributed by atoms with Crippen LogP contribution in [-0.4, -0.2) is 42.6 Å². The van der Waals surface area contributed by atoms with Crippen LogP contribution in [-0.2, 0) is 20.3 Å². The molecule has 1 aliphatic heterocycles. The molecule has 1 amide bonds. The van der Waals surface area contributed by atoms with E-state index in [4.69, 9.17) is 9.47 Å². The number of hydrogen-bond acceptors (Lipinski definition) is 9. The quantitative estimate of drug-likeness (QED) is 0.430. The number of carbonyl (C=O) groups is 3. The number of aliphatic imine (C=N–C) groups is 1. The van der Waals surface area contributed by atoms with E-state index in [9.17, 15) is 22.8 Å². The maximum Gasteiger partial charge on any atom is 0.308 e.